The Bertz CT molecular complexity index is 566. The maximum atomic E-state index is 9.18. The van der Waals surface area contributed by atoms with Crippen molar-refractivity contribution in [3.05, 3.63) is 30.5 Å². The summed E-state index contributed by atoms with van der Waals surface area (Å²) in [6.45, 7) is 0.793. The number of benzene rings is 1. The number of nitrogens with zero attached hydrogens (tertiary/aromatic N) is 2. The highest BCUT2D eigenvalue weighted by molar-refractivity contribution is 5.97. The Labute approximate surface area is 106 Å². The van der Waals surface area contributed by atoms with Gasteiger partial charge in [-0.25, -0.2) is 0 Å². The van der Waals surface area contributed by atoms with E-state index in [0.29, 0.717) is 12.6 Å². The van der Waals surface area contributed by atoms with Gasteiger partial charge in [-0.05, 0) is 37.1 Å². The number of aliphatic hydroxyl groups is 1. The molecule has 3 rings (SSSR count). The number of anilines is 2. The van der Waals surface area contributed by atoms with E-state index in [4.69, 9.17) is 5.73 Å². The van der Waals surface area contributed by atoms with Crippen LogP contribution < -0.4 is 10.6 Å². The average Bonchev–Trinajstić information content (AvgIpc) is 3.22. The van der Waals surface area contributed by atoms with Crippen LogP contribution in [0.3, 0.4) is 0 Å². The third-order valence-corrected chi connectivity index (χ3v) is 3.44. The van der Waals surface area contributed by atoms with Crippen molar-refractivity contribution < 1.29 is 5.11 Å². The van der Waals surface area contributed by atoms with E-state index in [-0.39, 0.29) is 6.61 Å². The van der Waals surface area contributed by atoms with Crippen molar-refractivity contribution in [3.8, 4) is 0 Å². The molecule has 4 heteroatoms. The molecule has 2 aromatic rings. The van der Waals surface area contributed by atoms with Crippen LogP contribution in [0.25, 0.3) is 10.9 Å². The molecular formula is C14H17N3O. The summed E-state index contributed by atoms with van der Waals surface area (Å²) < 4.78 is 0. The second kappa shape index (κ2) is 4.46. The Hall–Kier alpha value is -1.81. The molecule has 4 nitrogen and oxygen atoms in total. The topological polar surface area (TPSA) is 62.4 Å². The number of hydrogen-bond donors (Lipinski definition) is 2. The summed E-state index contributed by atoms with van der Waals surface area (Å²) in [6, 6.07) is 8.43. The first-order valence-corrected chi connectivity index (χ1v) is 6.32. The van der Waals surface area contributed by atoms with E-state index in [1.165, 1.54) is 12.8 Å². The van der Waals surface area contributed by atoms with Crippen molar-refractivity contribution in [1.29, 1.82) is 0 Å². The number of pyridine rings is 1. The Kier molecular flexibility index (Phi) is 2.80. The number of rotatable bonds is 4. The molecule has 1 fully saturated rings. The molecule has 0 unspecified atom stereocenters. The van der Waals surface area contributed by atoms with Crippen molar-refractivity contribution in [3.63, 3.8) is 0 Å². The first-order valence-electron chi connectivity index (χ1n) is 6.32. The van der Waals surface area contributed by atoms with Crippen LogP contribution in [0.2, 0.25) is 0 Å². The van der Waals surface area contributed by atoms with Crippen LogP contribution in [0.15, 0.2) is 30.5 Å². The molecule has 0 saturated heterocycles. The molecule has 1 aliphatic carbocycles. The summed E-state index contributed by atoms with van der Waals surface area (Å²) in [6.07, 6.45) is 4.14. The molecule has 0 bridgehead atoms. The monoisotopic (exact) mass is 243 g/mol. The zero-order chi connectivity index (χ0) is 12.5. The molecule has 1 saturated carbocycles. The van der Waals surface area contributed by atoms with Crippen LogP contribution >= 0.6 is 0 Å². The summed E-state index contributed by atoms with van der Waals surface area (Å²) >= 11 is 0. The minimum atomic E-state index is 0.154. The molecule has 3 N–H and O–H groups in total. The molecule has 1 aromatic carbocycles. The highest BCUT2D eigenvalue weighted by atomic mass is 16.3. The predicted octanol–water partition coefficient (Wildman–Crippen LogP) is 1.78. The highest BCUT2D eigenvalue weighted by Crippen LogP contribution is 2.37. The summed E-state index contributed by atoms with van der Waals surface area (Å²) in [5.74, 6) is 0. The molecule has 0 atom stereocenters. The van der Waals surface area contributed by atoms with E-state index in [0.717, 1.165) is 22.3 Å². The van der Waals surface area contributed by atoms with Gasteiger partial charge in [0.15, 0.2) is 0 Å². The molecule has 1 aliphatic rings. The van der Waals surface area contributed by atoms with Gasteiger partial charge in [-0.1, -0.05) is 0 Å². The molecule has 94 valence electrons. The Morgan fingerprint density at radius 3 is 2.89 bits per heavy atom. The number of nitrogen functional groups attached to an aromatic ring is 1. The third kappa shape index (κ3) is 1.88. The van der Waals surface area contributed by atoms with Crippen LogP contribution in [-0.2, 0) is 0 Å². The van der Waals surface area contributed by atoms with Gasteiger partial charge in [-0.3, -0.25) is 4.98 Å². The van der Waals surface area contributed by atoms with Crippen LogP contribution in [0, 0.1) is 0 Å². The summed E-state index contributed by atoms with van der Waals surface area (Å²) in [5.41, 5.74) is 8.95. The average molecular weight is 243 g/mol. The van der Waals surface area contributed by atoms with Gasteiger partial charge in [0.2, 0.25) is 0 Å². The smallest absolute Gasteiger partial charge is 0.0724 e. The van der Waals surface area contributed by atoms with Gasteiger partial charge >= 0.3 is 0 Å². The minimum absolute atomic E-state index is 0.154. The van der Waals surface area contributed by atoms with Gasteiger partial charge in [0.05, 0.1) is 23.5 Å². The van der Waals surface area contributed by atoms with Crippen molar-refractivity contribution in [2.45, 2.75) is 18.9 Å². The zero-order valence-corrected chi connectivity index (χ0v) is 10.2. The van der Waals surface area contributed by atoms with Crippen LogP contribution in [-0.4, -0.2) is 29.3 Å². The lowest BCUT2D eigenvalue weighted by atomic mass is 10.1. The Morgan fingerprint density at radius 2 is 2.17 bits per heavy atom. The first-order chi connectivity index (χ1) is 8.81. The van der Waals surface area contributed by atoms with E-state index < -0.39 is 0 Å². The summed E-state index contributed by atoms with van der Waals surface area (Å²) in [5, 5.41) is 10.2. The minimum Gasteiger partial charge on any atom is -0.396 e. The molecule has 1 heterocycles. The maximum absolute atomic E-state index is 9.18. The van der Waals surface area contributed by atoms with Gasteiger partial charge in [-0.2, -0.15) is 0 Å². The largest absolute Gasteiger partial charge is 0.396 e. The lowest BCUT2D eigenvalue weighted by Gasteiger charge is -2.25. The maximum Gasteiger partial charge on any atom is 0.0724 e. The van der Waals surface area contributed by atoms with Gasteiger partial charge in [0, 0.05) is 24.2 Å². The third-order valence-electron chi connectivity index (χ3n) is 3.44. The van der Waals surface area contributed by atoms with E-state index in [1.807, 2.05) is 24.3 Å². The molecular weight excluding hydrogens is 226 g/mol. The predicted molar refractivity (Wildman–Crippen MR) is 73.6 cm³/mol. The fraction of sp³-hybridized carbons (Fsp3) is 0.357. The molecule has 1 aromatic heterocycles. The normalized spacial score (nSPS) is 14.9. The number of aromatic nitrogens is 1. The van der Waals surface area contributed by atoms with E-state index in [9.17, 15) is 5.11 Å². The molecule has 0 aliphatic heterocycles. The van der Waals surface area contributed by atoms with Crippen LogP contribution in [0.4, 0.5) is 11.4 Å². The Balaban J connectivity index is 2.07. The summed E-state index contributed by atoms with van der Waals surface area (Å²) in [4.78, 5) is 6.51. The number of nitrogens with two attached hydrogens (primary N) is 1. The molecule has 0 amide bonds. The van der Waals surface area contributed by atoms with E-state index >= 15 is 0 Å². The molecule has 0 spiro atoms. The Morgan fingerprint density at radius 1 is 1.33 bits per heavy atom. The van der Waals surface area contributed by atoms with Crippen molar-refractivity contribution in [2.75, 3.05) is 23.8 Å². The first kappa shape index (κ1) is 11.3. The van der Waals surface area contributed by atoms with Crippen molar-refractivity contribution in [1.82, 2.24) is 4.98 Å². The summed E-state index contributed by atoms with van der Waals surface area (Å²) in [7, 11) is 0. The zero-order valence-electron chi connectivity index (χ0n) is 10.2. The van der Waals surface area contributed by atoms with E-state index in [2.05, 4.69) is 9.88 Å². The van der Waals surface area contributed by atoms with Gasteiger partial charge in [-0.15, -0.1) is 0 Å². The lowest BCUT2D eigenvalue weighted by Crippen LogP contribution is -2.29. The van der Waals surface area contributed by atoms with E-state index in [1.54, 1.807) is 6.20 Å². The van der Waals surface area contributed by atoms with Gasteiger partial charge in [0.1, 0.15) is 0 Å². The van der Waals surface area contributed by atoms with Crippen LogP contribution in [0.5, 0.6) is 0 Å². The number of aliphatic hydroxyl groups excluding tert-OH is 1. The lowest BCUT2D eigenvalue weighted by molar-refractivity contribution is 0.301. The molecule has 0 radical (unpaired) electrons. The second-order valence-electron chi connectivity index (χ2n) is 4.72. The second-order valence-corrected chi connectivity index (χ2v) is 4.72. The SMILES string of the molecule is Nc1c(N(CCO)C2CC2)ccc2ncccc12. The van der Waals surface area contributed by atoms with Crippen LogP contribution in [0.1, 0.15) is 12.8 Å². The quantitative estimate of drug-likeness (QED) is 0.803. The number of fused-ring (bicyclic) bond motifs is 1. The fourth-order valence-electron chi connectivity index (χ4n) is 2.41. The fourth-order valence-corrected chi connectivity index (χ4v) is 2.41. The van der Waals surface area contributed by atoms with Crippen molar-refractivity contribution >= 4 is 22.3 Å². The molecule has 18 heavy (non-hydrogen) atoms. The number of hydrogen-bond acceptors (Lipinski definition) is 4. The van der Waals surface area contributed by atoms with Gasteiger partial charge in [0.25, 0.3) is 0 Å². The van der Waals surface area contributed by atoms with Gasteiger partial charge < -0.3 is 15.7 Å². The standard InChI is InChI=1S/C14H17N3O/c15-14-11-2-1-7-16-12(11)5-6-13(14)17(8-9-18)10-3-4-10/h1-2,5-7,10,18H,3-4,8-9,15H2. The van der Waals surface area contributed by atoms with Crippen molar-refractivity contribution in [2.24, 2.45) is 0 Å². The highest BCUT2D eigenvalue weighted by Gasteiger charge is 2.30.